The van der Waals surface area contributed by atoms with E-state index in [1.165, 1.54) is 0 Å². The van der Waals surface area contributed by atoms with Gasteiger partial charge in [0.25, 0.3) is 0 Å². The number of rotatable bonds is 1. The van der Waals surface area contributed by atoms with Crippen LogP contribution in [0.4, 0.5) is 0 Å². The zero-order valence-electron chi connectivity index (χ0n) is 10.6. The highest BCUT2D eigenvalue weighted by Gasteiger charge is 2.24. The Labute approximate surface area is 120 Å². The molecule has 1 aromatic carbocycles. The number of nitrogens with zero attached hydrogens (tertiary/aromatic N) is 2. The highest BCUT2D eigenvalue weighted by atomic mass is 79.9. The summed E-state index contributed by atoms with van der Waals surface area (Å²) >= 11 is 3.40. The molecule has 1 aromatic heterocycles. The molecule has 96 valence electrons. The van der Waals surface area contributed by atoms with E-state index in [2.05, 4.69) is 33.1 Å². The van der Waals surface area contributed by atoms with Crippen LogP contribution < -0.4 is 0 Å². The Balaban J connectivity index is 2.04. The molecule has 3 rings (SSSR count). The van der Waals surface area contributed by atoms with Crippen molar-refractivity contribution in [2.45, 2.75) is 19.8 Å². The van der Waals surface area contributed by atoms with E-state index in [4.69, 9.17) is 0 Å². The number of carbonyl (C=O) groups excluding carboxylic acids is 1. The molecule has 0 unspecified atom stereocenters. The quantitative estimate of drug-likeness (QED) is 0.806. The van der Waals surface area contributed by atoms with E-state index in [0.717, 1.165) is 33.4 Å². The minimum absolute atomic E-state index is 0.182. The van der Waals surface area contributed by atoms with Crippen LogP contribution >= 0.6 is 15.9 Å². The van der Waals surface area contributed by atoms with Crippen molar-refractivity contribution in [3.63, 3.8) is 0 Å². The van der Waals surface area contributed by atoms with Crippen LogP contribution in [0.1, 0.15) is 29.4 Å². The molecule has 4 heteroatoms. The summed E-state index contributed by atoms with van der Waals surface area (Å²) in [4.78, 5) is 12.1. The van der Waals surface area contributed by atoms with Crippen LogP contribution in [0.2, 0.25) is 0 Å². The first-order chi connectivity index (χ1) is 9.13. The van der Waals surface area contributed by atoms with Crippen molar-refractivity contribution in [1.82, 2.24) is 10.2 Å². The van der Waals surface area contributed by atoms with Crippen molar-refractivity contribution in [3.8, 4) is 11.3 Å². The second-order valence-corrected chi connectivity index (χ2v) is 5.95. The molecule has 1 heterocycles. The maximum absolute atomic E-state index is 12.1. The van der Waals surface area contributed by atoms with Gasteiger partial charge < -0.3 is 0 Å². The van der Waals surface area contributed by atoms with E-state index in [1.54, 1.807) is 0 Å². The Hall–Kier alpha value is -1.55. The Morgan fingerprint density at radius 3 is 2.63 bits per heavy atom. The fourth-order valence-electron chi connectivity index (χ4n) is 2.40. The number of benzene rings is 1. The van der Waals surface area contributed by atoms with Gasteiger partial charge in [0.15, 0.2) is 5.78 Å². The number of hydrogen-bond donors (Lipinski definition) is 0. The minimum atomic E-state index is 0.182. The topological polar surface area (TPSA) is 42.9 Å². The van der Waals surface area contributed by atoms with Gasteiger partial charge in [-0.1, -0.05) is 35.0 Å². The summed E-state index contributed by atoms with van der Waals surface area (Å²) in [6, 6.07) is 9.73. The zero-order valence-corrected chi connectivity index (χ0v) is 12.1. The van der Waals surface area contributed by atoms with Crippen molar-refractivity contribution >= 4 is 21.7 Å². The molecule has 0 bridgehead atoms. The first-order valence-electron chi connectivity index (χ1n) is 6.29. The molecule has 0 aliphatic heterocycles. The average molecular weight is 317 g/mol. The number of hydrogen-bond acceptors (Lipinski definition) is 3. The third kappa shape index (κ3) is 2.45. The predicted octanol–water partition coefficient (Wildman–Crippen LogP) is 3.67. The lowest BCUT2D eigenvalue weighted by atomic mass is 9.87. The van der Waals surface area contributed by atoms with Gasteiger partial charge in [0.2, 0.25) is 0 Å². The fourth-order valence-corrected chi connectivity index (χ4v) is 2.66. The molecule has 0 radical (unpaired) electrons. The van der Waals surface area contributed by atoms with Crippen molar-refractivity contribution < 1.29 is 4.79 Å². The molecular weight excluding hydrogens is 304 g/mol. The molecule has 0 fully saturated rings. The number of aromatic nitrogens is 2. The molecule has 0 saturated heterocycles. The Bertz CT molecular complexity index is 637. The van der Waals surface area contributed by atoms with E-state index in [0.29, 0.717) is 12.3 Å². The third-order valence-electron chi connectivity index (χ3n) is 3.39. The summed E-state index contributed by atoms with van der Waals surface area (Å²) in [5.41, 5.74) is 3.31. The zero-order chi connectivity index (χ0) is 13.4. The van der Waals surface area contributed by atoms with Crippen molar-refractivity contribution in [2.24, 2.45) is 5.92 Å². The monoisotopic (exact) mass is 316 g/mol. The number of halogens is 1. The van der Waals surface area contributed by atoms with Crippen LogP contribution in [0.15, 0.2) is 34.8 Å². The summed E-state index contributed by atoms with van der Waals surface area (Å²) < 4.78 is 1.02. The van der Waals surface area contributed by atoms with Gasteiger partial charge in [-0.3, -0.25) is 4.79 Å². The SMILES string of the molecule is C[C@@H]1CC(=O)c2cc(-c3ccc(Br)cc3)nnc2C1. The Kier molecular flexibility index (Phi) is 3.19. The molecule has 0 N–H and O–H groups in total. The van der Waals surface area contributed by atoms with Gasteiger partial charge in [-0.2, -0.15) is 10.2 Å². The van der Waals surface area contributed by atoms with Gasteiger partial charge in [0.05, 0.1) is 11.4 Å². The minimum Gasteiger partial charge on any atom is -0.294 e. The van der Waals surface area contributed by atoms with Gasteiger partial charge >= 0.3 is 0 Å². The van der Waals surface area contributed by atoms with Crippen molar-refractivity contribution in [3.05, 3.63) is 46.1 Å². The number of ketones is 1. The standard InChI is InChI=1S/C15H13BrN2O/c1-9-6-14-12(15(19)7-9)8-13(17-18-14)10-2-4-11(16)5-3-10/h2-5,8-9H,6-7H2,1H3/t9-/m0/s1. The third-order valence-corrected chi connectivity index (χ3v) is 3.92. The molecule has 0 saturated carbocycles. The fraction of sp³-hybridized carbons (Fsp3) is 0.267. The first kappa shape index (κ1) is 12.5. The smallest absolute Gasteiger partial charge is 0.165 e. The highest BCUT2D eigenvalue weighted by molar-refractivity contribution is 9.10. The van der Waals surface area contributed by atoms with Crippen LogP contribution in [0.25, 0.3) is 11.3 Å². The lowest BCUT2D eigenvalue weighted by Gasteiger charge is -2.19. The largest absolute Gasteiger partial charge is 0.294 e. The van der Waals surface area contributed by atoms with Crippen molar-refractivity contribution in [1.29, 1.82) is 0 Å². The molecule has 1 aliphatic rings. The summed E-state index contributed by atoms with van der Waals surface area (Å²) in [6.07, 6.45) is 1.45. The highest BCUT2D eigenvalue weighted by Crippen LogP contribution is 2.27. The van der Waals surface area contributed by atoms with Crippen LogP contribution in [-0.4, -0.2) is 16.0 Å². The Morgan fingerprint density at radius 2 is 1.89 bits per heavy atom. The number of carbonyl (C=O) groups is 1. The van der Waals surface area contributed by atoms with Crippen molar-refractivity contribution in [2.75, 3.05) is 0 Å². The number of fused-ring (bicyclic) bond motifs is 1. The van der Waals surface area contributed by atoms with E-state index in [1.807, 2.05) is 30.3 Å². The van der Waals surface area contributed by atoms with Gasteiger partial charge in [0, 0.05) is 22.0 Å². The molecule has 0 amide bonds. The maximum Gasteiger partial charge on any atom is 0.165 e. The number of Topliss-reactive ketones (excluding diaryl/α,β-unsaturated/α-hetero) is 1. The van der Waals surface area contributed by atoms with Gasteiger partial charge in [-0.15, -0.1) is 0 Å². The lowest BCUT2D eigenvalue weighted by Crippen LogP contribution is -2.20. The molecule has 1 aliphatic carbocycles. The van der Waals surface area contributed by atoms with Crippen LogP contribution in [0.3, 0.4) is 0 Å². The van der Waals surface area contributed by atoms with E-state index in [9.17, 15) is 4.79 Å². The summed E-state index contributed by atoms with van der Waals surface area (Å²) in [5, 5.41) is 8.48. The summed E-state index contributed by atoms with van der Waals surface area (Å²) in [6.45, 7) is 2.07. The summed E-state index contributed by atoms with van der Waals surface area (Å²) in [7, 11) is 0. The maximum atomic E-state index is 12.1. The Morgan fingerprint density at radius 1 is 1.16 bits per heavy atom. The van der Waals surface area contributed by atoms with Gasteiger partial charge in [-0.05, 0) is 30.5 Å². The normalized spacial score (nSPS) is 18.2. The molecule has 19 heavy (non-hydrogen) atoms. The second kappa shape index (κ2) is 4.85. The molecule has 2 aromatic rings. The molecule has 0 spiro atoms. The predicted molar refractivity (Wildman–Crippen MR) is 77.0 cm³/mol. The van der Waals surface area contributed by atoms with Crippen LogP contribution in [0.5, 0.6) is 0 Å². The van der Waals surface area contributed by atoms with Crippen LogP contribution in [0, 0.1) is 5.92 Å². The average Bonchev–Trinajstić information content (AvgIpc) is 2.39. The first-order valence-corrected chi connectivity index (χ1v) is 7.08. The molecular formula is C15H13BrN2O. The van der Waals surface area contributed by atoms with E-state index in [-0.39, 0.29) is 5.78 Å². The molecule has 3 nitrogen and oxygen atoms in total. The van der Waals surface area contributed by atoms with E-state index >= 15 is 0 Å². The van der Waals surface area contributed by atoms with Gasteiger partial charge in [0.1, 0.15) is 0 Å². The lowest BCUT2D eigenvalue weighted by molar-refractivity contribution is 0.0951. The second-order valence-electron chi connectivity index (χ2n) is 5.03. The summed E-state index contributed by atoms with van der Waals surface area (Å²) in [5.74, 6) is 0.551. The molecule has 1 atom stereocenters. The van der Waals surface area contributed by atoms with E-state index < -0.39 is 0 Å². The van der Waals surface area contributed by atoms with Crippen LogP contribution in [-0.2, 0) is 6.42 Å². The van der Waals surface area contributed by atoms with Gasteiger partial charge in [-0.25, -0.2) is 0 Å².